The third-order valence-electron chi connectivity index (χ3n) is 4.87. The number of carbonyl (C=O) groups excluding carboxylic acids is 1. The van der Waals surface area contributed by atoms with E-state index in [0.29, 0.717) is 49.0 Å². The summed E-state index contributed by atoms with van der Waals surface area (Å²) in [6.07, 6.45) is 6.85. The van der Waals surface area contributed by atoms with E-state index in [1.807, 2.05) is 17.0 Å². The molecule has 3 aromatic rings. The zero-order chi connectivity index (χ0) is 20.8. The van der Waals surface area contributed by atoms with Gasteiger partial charge < -0.3 is 14.5 Å². The molecule has 30 heavy (non-hydrogen) atoms. The highest BCUT2D eigenvalue weighted by atomic mass is 16.5. The summed E-state index contributed by atoms with van der Waals surface area (Å²) in [6, 6.07) is 10.8. The number of ether oxygens (including phenoxy) is 1. The van der Waals surface area contributed by atoms with Crippen molar-refractivity contribution in [2.45, 2.75) is 0 Å². The monoisotopic (exact) mass is 399 g/mol. The van der Waals surface area contributed by atoms with Crippen molar-refractivity contribution in [3.8, 4) is 17.6 Å². The molecule has 0 bridgehead atoms. The maximum absolute atomic E-state index is 13.0. The van der Waals surface area contributed by atoms with Crippen LogP contribution in [0.15, 0.2) is 61.2 Å². The third-order valence-corrected chi connectivity index (χ3v) is 4.87. The van der Waals surface area contributed by atoms with E-state index in [-0.39, 0.29) is 5.91 Å². The summed E-state index contributed by atoms with van der Waals surface area (Å²) in [5, 5.41) is 0. The number of carbonyl (C=O) groups is 1. The molecule has 0 atom stereocenters. The Morgan fingerprint density at radius 3 is 2.40 bits per heavy atom. The van der Waals surface area contributed by atoms with Gasteiger partial charge in [0.15, 0.2) is 0 Å². The third kappa shape index (κ3) is 4.39. The summed E-state index contributed by atoms with van der Waals surface area (Å²) < 4.78 is 5.42. The fourth-order valence-corrected chi connectivity index (χ4v) is 3.26. The van der Waals surface area contributed by atoms with E-state index in [0.717, 1.165) is 5.56 Å². The number of hydrogen-bond donors (Lipinski definition) is 0. The second kappa shape index (κ2) is 9.05. The van der Waals surface area contributed by atoms with E-state index in [2.05, 4.69) is 31.7 Å². The van der Waals surface area contributed by atoms with Crippen LogP contribution in [0.1, 0.15) is 21.5 Å². The molecule has 1 aromatic carbocycles. The van der Waals surface area contributed by atoms with Crippen LogP contribution in [0.2, 0.25) is 0 Å². The summed E-state index contributed by atoms with van der Waals surface area (Å²) in [4.78, 5) is 29.5. The van der Waals surface area contributed by atoms with Gasteiger partial charge >= 0.3 is 0 Å². The Hall–Kier alpha value is -3.92. The molecule has 1 aliphatic rings. The number of anilines is 1. The van der Waals surface area contributed by atoms with Crippen molar-refractivity contribution in [2.75, 3.05) is 38.2 Å². The highest BCUT2D eigenvalue weighted by Crippen LogP contribution is 2.21. The molecule has 1 aliphatic heterocycles. The molecule has 150 valence electrons. The van der Waals surface area contributed by atoms with E-state index in [4.69, 9.17) is 4.74 Å². The molecule has 0 unspecified atom stereocenters. The van der Waals surface area contributed by atoms with Gasteiger partial charge in [-0.2, -0.15) is 0 Å². The summed E-state index contributed by atoms with van der Waals surface area (Å²) in [5.74, 6) is 7.52. The molecule has 0 spiro atoms. The Bertz CT molecular complexity index is 1070. The lowest BCUT2D eigenvalue weighted by molar-refractivity contribution is 0.0746. The molecular formula is C23H21N5O2. The van der Waals surface area contributed by atoms with E-state index in [1.165, 1.54) is 0 Å². The van der Waals surface area contributed by atoms with Crippen LogP contribution in [0.4, 0.5) is 5.95 Å². The molecule has 4 rings (SSSR count). The van der Waals surface area contributed by atoms with Gasteiger partial charge in [0.05, 0.1) is 12.7 Å². The molecule has 0 radical (unpaired) electrons. The van der Waals surface area contributed by atoms with Gasteiger partial charge in [0.2, 0.25) is 5.95 Å². The highest BCUT2D eigenvalue weighted by molar-refractivity contribution is 5.95. The predicted octanol–water partition coefficient (Wildman–Crippen LogP) is 2.24. The first-order valence-corrected chi connectivity index (χ1v) is 9.66. The van der Waals surface area contributed by atoms with Crippen molar-refractivity contribution < 1.29 is 9.53 Å². The maximum atomic E-state index is 13.0. The van der Waals surface area contributed by atoms with Crippen LogP contribution in [0.25, 0.3) is 0 Å². The Morgan fingerprint density at radius 2 is 1.70 bits per heavy atom. The van der Waals surface area contributed by atoms with Crippen LogP contribution < -0.4 is 9.64 Å². The highest BCUT2D eigenvalue weighted by Gasteiger charge is 2.23. The van der Waals surface area contributed by atoms with Crippen LogP contribution in [-0.2, 0) is 0 Å². The number of piperazine rings is 1. The Labute approximate surface area is 175 Å². The topological polar surface area (TPSA) is 71.5 Å². The average molecular weight is 399 g/mol. The van der Waals surface area contributed by atoms with Crippen molar-refractivity contribution in [1.29, 1.82) is 0 Å². The average Bonchev–Trinajstić information content (AvgIpc) is 2.83. The SMILES string of the molecule is COc1ccc(C(=O)N2CCN(c3ncccn3)CC2)cc1C#Cc1ccncc1. The Balaban J connectivity index is 1.49. The summed E-state index contributed by atoms with van der Waals surface area (Å²) in [6.45, 7) is 2.61. The smallest absolute Gasteiger partial charge is 0.254 e. The summed E-state index contributed by atoms with van der Waals surface area (Å²) >= 11 is 0. The number of pyridine rings is 1. The molecular weight excluding hydrogens is 378 g/mol. The quantitative estimate of drug-likeness (QED) is 0.629. The molecule has 1 amide bonds. The second-order valence-corrected chi connectivity index (χ2v) is 6.73. The van der Waals surface area contributed by atoms with Gasteiger partial charge in [-0.05, 0) is 36.4 Å². The van der Waals surface area contributed by atoms with Crippen LogP contribution in [-0.4, -0.2) is 59.0 Å². The molecule has 1 saturated heterocycles. The molecule has 0 N–H and O–H groups in total. The van der Waals surface area contributed by atoms with Crippen molar-refractivity contribution in [1.82, 2.24) is 19.9 Å². The number of hydrogen-bond acceptors (Lipinski definition) is 6. The van der Waals surface area contributed by atoms with Crippen molar-refractivity contribution in [3.63, 3.8) is 0 Å². The molecule has 0 aliphatic carbocycles. The first kappa shape index (κ1) is 19.4. The largest absolute Gasteiger partial charge is 0.495 e. The normalized spacial score (nSPS) is 13.4. The standard InChI is InChI=1S/C23H21N5O2/c1-30-21-6-5-20(17-19(21)4-3-18-7-11-24-12-8-18)22(29)27-13-15-28(16-14-27)23-25-9-2-10-26-23/h2,5-12,17H,13-16H2,1H3. The van der Waals surface area contributed by atoms with Crippen LogP contribution in [0, 0.1) is 11.8 Å². The van der Waals surface area contributed by atoms with Crippen molar-refractivity contribution in [3.05, 3.63) is 77.9 Å². The minimum absolute atomic E-state index is 0.0155. The molecule has 7 heteroatoms. The fraction of sp³-hybridized carbons (Fsp3) is 0.217. The first-order valence-electron chi connectivity index (χ1n) is 9.66. The minimum Gasteiger partial charge on any atom is -0.495 e. The van der Waals surface area contributed by atoms with Gasteiger partial charge in [0.1, 0.15) is 5.75 Å². The van der Waals surface area contributed by atoms with Crippen LogP contribution in [0.3, 0.4) is 0 Å². The van der Waals surface area contributed by atoms with E-state index >= 15 is 0 Å². The number of methoxy groups -OCH3 is 1. The Morgan fingerprint density at radius 1 is 0.967 bits per heavy atom. The van der Waals surface area contributed by atoms with Gasteiger partial charge in [-0.25, -0.2) is 9.97 Å². The van der Waals surface area contributed by atoms with Crippen molar-refractivity contribution >= 4 is 11.9 Å². The lowest BCUT2D eigenvalue weighted by atomic mass is 10.1. The minimum atomic E-state index is -0.0155. The predicted molar refractivity (Wildman–Crippen MR) is 113 cm³/mol. The Kier molecular flexibility index (Phi) is 5.85. The maximum Gasteiger partial charge on any atom is 0.254 e. The molecule has 2 aromatic heterocycles. The number of nitrogens with zero attached hydrogens (tertiary/aromatic N) is 5. The molecule has 3 heterocycles. The fourth-order valence-electron chi connectivity index (χ4n) is 3.26. The van der Waals surface area contributed by atoms with Crippen LogP contribution >= 0.6 is 0 Å². The van der Waals surface area contributed by atoms with E-state index in [1.54, 1.807) is 56.2 Å². The zero-order valence-corrected chi connectivity index (χ0v) is 16.7. The van der Waals surface area contributed by atoms with E-state index < -0.39 is 0 Å². The number of aromatic nitrogens is 3. The lowest BCUT2D eigenvalue weighted by Crippen LogP contribution is -2.49. The molecule has 0 saturated carbocycles. The van der Waals surface area contributed by atoms with Crippen molar-refractivity contribution in [2.24, 2.45) is 0 Å². The number of rotatable bonds is 3. The van der Waals surface area contributed by atoms with Gasteiger partial charge in [0.25, 0.3) is 5.91 Å². The van der Waals surface area contributed by atoms with Crippen LogP contribution in [0.5, 0.6) is 5.75 Å². The second-order valence-electron chi connectivity index (χ2n) is 6.73. The van der Waals surface area contributed by atoms with E-state index in [9.17, 15) is 4.79 Å². The molecule has 1 fully saturated rings. The van der Waals surface area contributed by atoms with Gasteiger partial charge in [-0.3, -0.25) is 9.78 Å². The number of benzene rings is 1. The lowest BCUT2D eigenvalue weighted by Gasteiger charge is -2.34. The number of amides is 1. The van der Waals surface area contributed by atoms with Gasteiger partial charge in [-0.1, -0.05) is 11.8 Å². The first-order chi connectivity index (χ1) is 14.7. The summed E-state index contributed by atoms with van der Waals surface area (Å²) in [7, 11) is 1.60. The van der Waals surface area contributed by atoms with Gasteiger partial charge in [0, 0.05) is 62.1 Å². The van der Waals surface area contributed by atoms with Gasteiger partial charge in [-0.15, -0.1) is 0 Å². The molecule has 7 nitrogen and oxygen atoms in total. The summed E-state index contributed by atoms with van der Waals surface area (Å²) in [5.41, 5.74) is 2.12. The zero-order valence-electron chi connectivity index (χ0n) is 16.7.